The van der Waals surface area contributed by atoms with Crippen molar-refractivity contribution < 1.29 is 9.53 Å². The third-order valence-electron chi connectivity index (χ3n) is 3.64. The van der Waals surface area contributed by atoms with Crippen molar-refractivity contribution in [3.05, 3.63) is 60.9 Å². The van der Waals surface area contributed by atoms with Crippen molar-refractivity contribution in [1.29, 1.82) is 0 Å². The van der Waals surface area contributed by atoms with Crippen molar-refractivity contribution in [2.75, 3.05) is 11.9 Å². The number of aromatic nitrogens is 4. The number of hydrogen-bond donors (Lipinski definition) is 2. The second-order valence-corrected chi connectivity index (χ2v) is 7.01. The van der Waals surface area contributed by atoms with E-state index in [2.05, 4.69) is 25.9 Å². The Morgan fingerprint density at radius 2 is 1.93 bits per heavy atom. The molecule has 0 fully saturated rings. The first-order chi connectivity index (χ1) is 13.7. The van der Waals surface area contributed by atoms with Gasteiger partial charge in [0, 0.05) is 11.3 Å². The summed E-state index contributed by atoms with van der Waals surface area (Å²) < 4.78 is 7.02. The highest BCUT2D eigenvalue weighted by atomic mass is 32.1. The van der Waals surface area contributed by atoms with Crippen LogP contribution in [0.4, 0.5) is 5.69 Å². The molecule has 0 spiro atoms. The van der Waals surface area contributed by atoms with Crippen LogP contribution in [0.25, 0.3) is 15.5 Å². The van der Waals surface area contributed by atoms with Crippen LogP contribution in [0.5, 0.6) is 5.75 Å². The molecule has 0 aliphatic heterocycles. The molecule has 8 nitrogen and oxygen atoms in total. The van der Waals surface area contributed by atoms with Crippen molar-refractivity contribution in [1.82, 2.24) is 25.1 Å². The summed E-state index contributed by atoms with van der Waals surface area (Å²) in [5.74, 6) is 0.287. The number of anilines is 1. The number of rotatable bonds is 5. The second-order valence-electron chi connectivity index (χ2n) is 5.65. The fraction of sp³-hybridized carbons (Fsp3) is 0.0556. The molecule has 0 aliphatic rings. The summed E-state index contributed by atoms with van der Waals surface area (Å²) in [7, 11) is 0. The summed E-state index contributed by atoms with van der Waals surface area (Å²) in [4.78, 5) is 12.7. The van der Waals surface area contributed by atoms with Crippen LogP contribution in [0.15, 0.2) is 60.9 Å². The number of thiocarbonyl (C=S) groups is 1. The van der Waals surface area contributed by atoms with Gasteiger partial charge in [0.25, 0.3) is 5.91 Å². The van der Waals surface area contributed by atoms with Gasteiger partial charge < -0.3 is 10.1 Å². The van der Waals surface area contributed by atoms with Crippen LogP contribution in [0.1, 0.15) is 0 Å². The Hall–Kier alpha value is -3.37. The summed E-state index contributed by atoms with van der Waals surface area (Å²) in [6, 6.07) is 16.7. The predicted octanol–water partition coefficient (Wildman–Crippen LogP) is 2.74. The maximum atomic E-state index is 11.9. The minimum Gasteiger partial charge on any atom is -0.484 e. The molecule has 4 aromatic rings. The molecular formula is C18H14N6O2S2. The van der Waals surface area contributed by atoms with E-state index in [0.29, 0.717) is 5.75 Å². The van der Waals surface area contributed by atoms with E-state index in [9.17, 15) is 4.79 Å². The molecule has 0 unspecified atom stereocenters. The van der Waals surface area contributed by atoms with Gasteiger partial charge in [-0.15, -0.1) is 10.2 Å². The van der Waals surface area contributed by atoms with Gasteiger partial charge in [0.2, 0.25) is 4.96 Å². The number of amides is 1. The lowest BCUT2D eigenvalue weighted by molar-refractivity contribution is -0.121. The summed E-state index contributed by atoms with van der Waals surface area (Å²) >= 11 is 6.62. The summed E-state index contributed by atoms with van der Waals surface area (Å²) in [6.07, 6.45) is 1.56. The van der Waals surface area contributed by atoms with E-state index < -0.39 is 0 Å². The first-order valence-corrected chi connectivity index (χ1v) is 9.46. The fourth-order valence-corrected chi connectivity index (χ4v) is 3.42. The van der Waals surface area contributed by atoms with E-state index in [0.717, 1.165) is 21.2 Å². The van der Waals surface area contributed by atoms with Gasteiger partial charge in [0.1, 0.15) is 17.1 Å². The van der Waals surface area contributed by atoms with Crippen LogP contribution in [0.3, 0.4) is 0 Å². The van der Waals surface area contributed by atoms with Gasteiger partial charge in [0.05, 0.1) is 0 Å². The molecule has 0 saturated heterocycles. The van der Waals surface area contributed by atoms with Crippen LogP contribution in [0, 0.1) is 0 Å². The molecule has 0 bridgehead atoms. The van der Waals surface area contributed by atoms with Gasteiger partial charge in [0.15, 0.2) is 11.7 Å². The topological polar surface area (TPSA) is 93.4 Å². The number of ether oxygens (including phenoxy) is 1. The molecule has 0 saturated carbocycles. The summed E-state index contributed by atoms with van der Waals surface area (Å²) in [5, 5.41) is 18.8. The first kappa shape index (κ1) is 18.0. The molecule has 140 valence electrons. The van der Waals surface area contributed by atoms with Gasteiger partial charge in [-0.05, 0) is 48.6 Å². The minimum absolute atomic E-state index is 0.120. The normalized spacial score (nSPS) is 10.6. The Morgan fingerprint density at radius 1 is 1.14 bits per heavy atom. The van der Waals surface area contributed by atoms with Crippen molar-refractivity contribution in [2.24, 2.45) is 0 Å². The Labute approximate surface area is 169 Å². The standard InChI is InChI=1S/C18H14N6O2S2/c25-15(10-26-14-4-2-1-3-5-14)21-17(27)20-13-8-6-12(7-9-13)16-23-24-11-19-22-18(24)28-16/h1-9,11H,10H2,(H2,20,21,25,27). The zero-order valence-electron chi connectivity index (χ0n) is 14.4. The Morgan fingerprint density at radius 3 is 2.68 bits per heavy atom. The quantitative estimate of drug-likeness (QED) is 0.489. The molecule has 4 rings (SSSR count). The fourth-order valence-electron chi connectivity index (χ4n) is 2.36. The third kappa shape index (κ3) is 4.30. The van der Waals surface area contributed by atoms with E-state index >= 15 is 0 Å². The van der Waals surface area contributed by atoms with Crippen molar-refractivity contribution in [2.45, 2.75) is 0 Å². The van der Waals surface area contributed by atoms with Crippen LogP contribution >= 0.6 is 23.6 Å². The lowest BCUT2D eigenvalue weighted by Gasteiger charge is -2.10. The third-order valence-corrected chi connectivity index (χ3v) is 4.81. The highest BCUT2D eigenvalue weighted by Crippen LogP contribution is 2.25. The number of carbonyl (C=O) groups is 1. The number of para-hydroxylation sites is 1. The molecular weight excluding hydrogens is 396 g/mol. The number of fused-ring (bicyclic) bond motifs is 1. The molecule has 2 heterocycles. The second kappa shape index (κ2) is 8.11. The van der Waals surface area contributed by atoms with E-state index in [4.69, 9.17) is 17.0 Å². The molecule has 2 aromatic carbocycles. The smallest absolute Gasteiger partial charge is 0.264 e. The van der Waals surface area contributed by atoms with E-state index in [-0.39, 0.29) is 17.6 Å². The van der Waals surface area contributed by atoms with Crippen LogP contribution in [-0.2, 0) is 4.79 Å². The minimum atomic E-state index is -0.335. The number of carbonyl (C=O) groups excluding carboxylic acids is 1. The van der Waals surface area contributed by atoms with Gasteiger partial charge in [-0.3, -0.25) is 10.1 Å². The maximum absolute atomic E-state index is 11.9. The predicted molar refractivity (Wildman–Crippen MR) is 110 cm³/mol. The Bertz CT molecular complexity index is 1080. The average Bonchev–Trinajstić information content (AvgIpc) is 3.30. The van der Waals surface area contributed by atoms with Crippen molar-refractivity contribution in [3.8, 4) is 16.3 Å². The van der Waals surface area contributed by atoms with Gasteiger partial charge in [-0.1, -0.05) is 29.5 Å². The summed E-state index contributed by atoms with van der Waals surface area (Å²) in [6.45, 7) is -0.120. The molecule has 2 aromatic heterocycles. The first-order valence-electron chi connectivity index (χ1n) is 8.23. The highest BCUT2D eigenvalue weighted by molar-refractivity contribution is 7.80. The molecule has 2 N–H and O–H groups in total. The molecule has 0 aliphatic carbocycles. The van der Waals surface area contributed by atoms with Crippen LogP contribution < -0.4 is 15.4 Å². The van der Waals surface area contributed by atoms with Crippen molar-refractivity contribution >= 4 is 45.2 Å². The molecule has 28 heavy (non-hydrogen) atoms. The lowest BCUT2D eigenvalue weighted by atomic mass is 10.2. The molecule has 0 atom stereocenters. The number of nitrogens with one attached hydrogen (secondary N) is 2. The van der Waals surface area contributed by atoms with Crippen LogP contribution in [0.2, 0.25) is 0 Å². The largest absolute Gasteiger partial charge is 0.484 e. The van der Waals surface area contributed by atoms with Gasteiger partial charge >= 0.3 is 0 Å². The van der Waals surface area contributed by atoms with E-state index in [1.807, 2.05) is 42.5 Å². The molecule has 10 heteroatoms. The van der Waals surface area contributed by atoms with Crippen LogP contribution in [-0.4, -0.2) is 37.4 Å². The highest BCUT2D eigenvalue weighted by Gasteiger charge is 2.09. The summed E-state index contributed by atoms with van der Waals surface area (Å²) in [5.41, 5.74) is 1.70. The average molecular weight is 410 g/mol. The van der Waals surface area contributed by atoms with E-state index in [1.165, 1.54) is 11.3 Å². The van der Waals surface area contributed by atoms with Gasteiger partial charge in [-0.25, -0.2) is 0 Å². The SMILES string of the molecule is O=C(COc1ccccc1)NC(=S)Nc1ccc(-c2nn3cnnc3s2)cc1. The monoisotopic (exact) mass is 410 g/mol. The zero-order valence-corrected chi connectivity index (χ0v) is 16.0. The molecule has 1 amide bonds. The number of nitrogens with zero attached hydrogens (tertiary/aromatic N) is 4. The van der Waals surface area contributed by atoms with Gasteiger partial charge in [-0.2, -0.15) is 9.61 Å². The maximum Gasteiger partial charge on any atom is 0.264 e. The Kier molecular flexibility index (Phi) is 5.22. The number of benzene rings is 2. The Balaban J connectivity index is 1.30. The lowest BCUT2D eigenvalue weighted by Crippen LogP contribution is -2.37. The number of hydrogen-bond acceptors (Lipinski definition) is 7. The van der Waals surface area contributed by atoms with E-state index in [1.54, 1.807) is 23.0 Å². The zero-order chi connectivity index (χ0) is 19.3. The molecule has 0 radical (unpaired) electrons. The van der Waals surface area contributed by atoms with Crippen molar-refractivity contribution in [3.63, 3.8) is 0 Å².